The number of hydrogen-bond acceptors (Lipinski definition) is 5. The molecule has 5 nitrogen and oxygen atoms in total. The Morgan fingerprint density at radius 2 is 1.80 bits per heavy atom. The molecule has 1 aliphatic rings. The van der Waals surface area contributed by atoms with E-state index in [1.54, 1.807) is 41.3 Å². The van der Waals surface area contributed by atoms with E-state index in [4.69, 9.17) is 40.2 Å². The van der Waals surface area contributed by atoms with Crippen molar-refractivity contribution < 1.29 is 14.3 Å². The number of carbonyl (C=O) groups excluding carboxylic acids is 2. The molecule has 0 aliphatic carbocycles. The topological polar surface area (TPSA) is 58.6 Å². The number of nitrogens with one attached hydrogen (secondary N) is 1. The van der Waals surface area contributed by atoms with E-state index in [0.29, 0.717) is 30.7 Å². The molecule has 1 N–H and O–H groups in total. The third-order valence-corrected chi connectivity index (χ3v) is 7.31. The maximum Gasteiger partial charge on any atom is 0.266 e. The highest BCUT2D eigenvalue weighted by Crippen LogP contribution is 2.38. The van der Waals surface area contributed by atoms with E-state index in [9.17, 15) is 9.59 Å². The highest BCUT2D eigenvalue weighted by molar-refractivity contribution is 8.26. The van der Waals surface area contributed by atoms with Crippen LogP contribution < -0.4 is 10.1 Å². The molecule has 3 aromatic carbocycles. The number of benzene rings is 3. The van der Waals surface area contributed by atoms with Crippen LogP contribution in [0, 0.1) is 0 Å². The molecule has 35 heavy (non-hydrogen) atoms. The van der Waals surface area contributed by atoms with Crippen molar-refractivity contribution in [1.82, 2.24) is 4.90 Å². The fraction of sp³-hybridized carbons (Fsp3) is 0.115. The molecule has 1 aliphatic heterocycles. The summed E-state index contributed by atoms with van der Waals surface area (Å²) in [4.78, 5) is 27.4. The number of hydrogen-bond donors (Lipinski definition) is 1. The molecule has 0 unspecified atom stereocenters. The zero-order chi connectivity index (χ0) is 24.9. The van der Waals surface area contributed by atoms with Crippen molar-refractivity contribution in [3.05, 3.63) is 98.9 Å². The summed E-state index contributed by atoms with van der Waals surface area (Å²) in [5.41, 5.74) is 2.38. The van der Waals surface area contributed by atoms with E-state index in [-0.39, 0.29) is 24.5 Å². The number of thiocarbonyl (C=S) groups is 1. The van der Waals surface area contributed by atoms with E-state index in [1.807, 2.05) is 49.4 Å². The predicted molar refractivity (Wildman–Crippen MR) is 147 cm³/mol. The Hall–Kier alpha value is -2.84. The van der Waals surface area contributed by atoms with Crippen molar-refractivity contribution in [1.29, 1.82) is 0 Å². The maximum absolute atomic E-state index is 13.0. The number of nitrogens with zero attached hydrogens (tertiary/aromatic N) is 1. The minimum Gasteiger partial charge on any atom is -0.484 e. The Labute approximate surface area is 223 Å². The summed E-state index contributed by atoms with van der Waals surface area (Å²) < 4.78 is 6.09. The van der Waals surface area contributed by atoms with Gasteiger partial charge >= 0.3 is 0 Å². The van der Waals surface area contributed by atoms with E-state index in [1.165, 1.54) is 11.8 Å². The van der Waals surface area contributed by atoms with Gasteiger partial charge in [-0.2, -0.15) is 0 Å². The van der Waals surface area contributed by atoms with Gasteiger partial charge in [-0.3, -0.25) is 14.5 Å². The fourth-order valence-electron chi connectivity index (χ4n) is 3.43. The standard InChI is InChI=1S/C26H20Cl2N2O3S2/c1-16(18-5-3-2-4-6-18)30-25(32)23(35-26(30)34)13-17-7-10-20(11-8-17)33-15-24(31)29-19-9-12-21(27)22(28)14-19/h2-14,16H,15H2,1H3,(H,29,31)/b23-13-/t16-/m1/s1. The van der Waals surface area contributed by atoms with Crippen molar-refractivity contribution in [2.75, 3.05) is 11.9 Å². The van der Waals surface area contributed by atoms with Crippen molar-refractivity contribution in [2.24, 2.45) is 0 Å². The van der Waals surface area contributed by atoms with Crippen LogP contribution in [0.15, 0.2) is 77.7 Å². The van der Waals surface area contributed by atoms with Gasteiger partial charge in [-0.15, -0.1) is 0 Å². The van der Waals surface area contributed by atoms with Gasteiger partial charge in [0.15, 0.2) is 6.61 Å². The first kappa shape index (κ1) is 25.3. The minimum absolute atomic E-state index is 0.115. The molecule has 3 aromatic rings. The number of ether oxygens (including phenoxy) is 1. The quantitative estimate of drug-likeness (QED) is 0.258. The fourth-order valence-corrected chi connectivity index (χ4v) is 5.14. The van der Waals surface area contributed by atoms with Crippen LogP contribution in [0.4, 0.5) is 5.69 Å². The van der Waals surface area contributed by atoms with Crippen LogP contribution in [0.5, 0.6) is 5.75 Å². The Morgan fingerprint density at radius 3 is 2.49 bits per heavy atom. The first-order chi connectivity index (χ1) is 16.8. The Morgan fingerprint density at radius 1 is 1.09 bits per heavy atom. The molecular formula is C26H20Cl2N2O3S2. The third-order valence-electron chi connectivity index (χ3n) is 5.24. The predicted octanol–water partition coefficient (Wildman–Crippen LogP) is 6.97. The van der Waals surface area contributed by atoms with Gasteiger partial charge in [-0.05, 0) is 54.5 Å². The summed E-state index contributed by atoms with van der Waals surface area (Å²) in [5.74, 6) is 0.0796. The summed E-state index contributed by atoms with van der Waals surface area (Å²) in [6.45, 7) is 1.79. The summed E-state index contributed by atoms with van der Waals surface area (Å²) in [6, 6.07) is 21.6. The summed E-state index contributed by atoms with van der Waals surface area (Å²) in [5, 5.41) is 3.47. The second-order valence-corrected chi connectivity index (χ2v) is 10.2. The molecule has 4 rings (SSSR count). The van der Waals surface area contributed by atoms with E-state index in [0.717, 1.165) is 11.1 Å². The van der Waals surface area contributed by atoms with Gasteiger partial charge in [-0.1, -0.05) is 89.6 Å². The normalized spacial score (nSPS) is 15.4. The highest BCUT2D eigenvalue weighted by atomic mass is 35.5. The molecule has 1 fully saturated rings. The lowest BCUT2D eigenvalue weighted by atomic mass is 10.1. The van der Waals surface area contributed by atoms with Crippen LogP contribution in [-0.2, 0) is 9.59 Å². The van der Waals surface area contributed by atoms with Crippen LogP contribution in [0.1, 0.15) is 24.1 Å². The lowest BCUT2D eigenvalue weighted by Crippen LogP contribution is -2.30. The molecular weight excluding hydrogens is 523 g/mol. The lowest BCUT2D eigenvalue weighted by molar-refractivity contribution is -0.123. The molecule has 0 saturated carbocycles. The molecule has 1 heterocycles. The first-order valence-electron chi connectivity index (χ1n) is 10.6. The average molecular weight is 543 g/mol. The summed E-state index contributed by atoms with van der Waals surface area (Å²) >= 11 is 18.6. The van der Waals surface area contributed by atoms with Crippen molar-refractivity contribution >= 4 is 75.1 Å². The highest BCUT2D eigenvalue weighted by Gasteiger charge is 2.35. The van der Waals surface area contributed by atoms with Gasteiger partial charge in [0.05, 0.1) is 21.0 Å². The molecule has 0 aromatic heterocycles. The smallest absolute Gasteiger partial charge is 0.266 e. The molecule has 0 spiro atoms. The molecule has 9 heteroatoms. The van der Waals surface area contributed by atoms with Crippen LogP contribution in [0.2, 0.25) is 10.0 Å². The van der Waals surface area contributed by atoms with Gasteiger partial charge in [0.1, 0.15) is 10.1 Å². The zero-order valence-electron chi connectivity index (χ0n) is 18.5. The van der Waals surface area contributed by atoms with Crippen LogP contribution in [0.25, 0.3) is 6.08 Å². The number of thioether (sulfide) groups is 1. The minimum atomic E-state index is -0.330. The molecule has 0 radical (unpaired) electrons. The summed E-state index contributed by atoms with van der Waals surface area (Å²) in [7, 11) is 0. The molecule has 0 bridgehead atoms. The third kappa shape index (κ3) is 6.24. The molecule has 1 saturated heterocycles. The summed E-state index contributed by atoms with van der Waals surface area (Å²) in [6.07, 6.45) is 1.80. The average Bonchev–Trinajstić information content (AvgIpc) is 3.13. The number of anilines is 1. The molecule has 178 valence electrons. The van der Waals surface area contributed by atoms with E-state index in [2.05, 4.69) is 5.32 Å². The first-order valence-corrected chi connectivity index (χ1v) is 12.6. The Bertz CT molecular complexity index is 1300. The van der Waals surface area contributed by atoms with E-state index < -0.39 is 0 Å². The molecule has 2 amide bonds. The maximum atomic E-state index is 13.0. The van der Waals surface area contributed by atoms with Gasteiger partial charge < -0.3 is 10.1 Å². The SMILES string of the molecule is C[C@H](c1ccccc1)N1C(=O)/C(=C/c2ccc(OCC(=O)Nc3ccc(Cl)c(Cl)c3)cc2)SC1=S. The number of carbonyl (C=O) groups is 2. The van der Waals surface area contributed by atoms with Crippen LogP contribution in [0.3, 0.4) is 0 Å². The van der Waals surface area contributed by atoms with Gasteiger partial charge in [-0.25, -0.2) is 0 Å². The van der Waals surface area contributed by atoms with Crippen LogP contribution >= 0.6 is 47.2 Å². The number of halogens is 2. The Balaban J connectivity index is 1.35. The van der Waals surface area contributed by atoms with Gasteiger partial charge in [0.25, 0.3) is 11.8 Å². The lowest BCUT2D eigenvalue weighted by Gasteiger charge is -2.23. The van der Waals surface area contributed by atoms with Crippen molar-refractivity contribution in [2.45, 2.75) is 13.0 Å². The second-order valence-electron chi connectivity index (χ2n) is 7.67. The Kier molecular flexibility index (Phi) is 8.13. The van der Waals surface area contributed by atoms with Crippen molar-refractivity contribution in [3.8, 4) is 5.75 Å². The van der Waals surface area contributed by atoms with Crippen molar-refractivity contribution in [3.63, 3.8) is 0 Å². The number of amides is 2. The molecule has 1 atom stereocenters. The van der Waals surface area contributed by atoms with Crippen LogP contribution in [-0.4, -0.2) is 27.6 Å². The number of rotatable bonds is 7. The zero-order valence-corrected chi connectivity index (χ0v) is 21.7. The largest absolute Gasteiger partial charge is 0.484 e. The van der Waals surface area contributed by atoms with Gasteiger partial charge in [0, 0.05) is 5.69 Å². The monoisotopic (exact) mass is 542 g/mol. The van der Waals surface area contributed by atoms with Gasteiger partial charge in [0.2, 0.25) is 0 Å². The van der Waals surface area contributed by atoms with E-state index >= 15 is 0 Å². The second kappa shape index (κ2) is 11.3.